The molecular weight excluding hydrogens is 280 g/mol. The van der Waals surface area contributed by atoms with E-state index >= 15 is 0 Å². The van der Waals surface area contributed by atoms with Gasteiger partial charge in [0, 0.05) is 32.2 Å². The number of aliphatic hydroxyl groups is 1. The van der Waals surface area contributed by atoms with Gasteiger partial charge < -0.3 is 9.52 Å². The van der Waals surface area contributed by atoms with Crippen LogP contribution < -0.4 is 0 Å². The van der Waals surface area contributed by atoms with E-state index < -0.39 is 10.0 Å². The molecule has 114 valence electrons. The maximum Gasteiger partial charge on any atom is 0.276 e. The number of sulfonamides is 1. The zero-order valence-corrected chi connectivity index (χ0v) is 12.8. The smallest absolute Gasteiger partial charge is 0.276 e. The van der Waals surface area contributed by atoms with Gasteiger partial charge in [0.05, 0.1) is 0 Å². The van der Waals surface area contributed by atoms with Crippen molar-refractivity contribution in [3.63, 3.8) is 0 Å². The summed E-state index contributed by atoms with van der Waals surface area (Å²) in [5, 5.41) is 8.86. The lowest BCUT2D eigenvalue weighted by Crippen LogP contribution is -2.51. The number of piperazine rings is 1. The third-order valence-electron chi connectivity index (χ3n) is 3.87. The minimum atomic E-state index is -3.58. The Bertz CT molecular complexity index is 532. The zero-order valence-electron chi connectivity index (χ0n) is 11.9. The molecule has 0 amide bonds. The molecule has 0 aromatic carbocycles. The molecule has 0 saturated carbocycles. The average molecular weight is 302 g/mol. The number of hydrogen-bond acceptors (Lipinski definition) is 5. The second-order valence-corrected chi connectivity index (χ2v) is 6.95. The van der Waals surface area contributed by atoms with Crippen molar-refractivity contribution < 1.29 is 17.9 Å². The maximum absolute atomic E-state index is 12.4. The summed E-state index contributed by atoms with van der Waals surface area (Å²) in [7, 11) is -3.58. The van der Waals surface area contributed by atoms with Crippen LogP contribution in [-0.4, -0.2) is 55.0 Å². The van der Waals surface area contributed by atoms with E-state index in [-0.39, 0.29) is 17.5 Å². The lowest BCUT2D eigenvalue weighted by Gasteiger charge is -2.36. The van der Waals surface area contributed by atoms with E-state index in [9.17, 15) is 8.42 Å². The van der Waals surface area contributed by atoms with E-state index in [1.54, 1.807) is 0 Å². The van der Waals surface area contributed by atoms with Crippen LogP contribution in [-0.2, 0) is 16.6 Å². The fourth-order valence-electron chi connectivity index (χ4n) is 2.35. The van der Waals surface area contributed by atoms with Gasteiger partial charge in [-0.05, 0) is 25.5 Å². The largest absolute Gasteiger partial charge is 0.446 e. The van der Waals surface area contributed by atoms with Crippen molar-refractivity contribution >= 4 is 10.0 Å². The SMILES string of the molecule is CCC(C)N1CCN(S(=O)(=O)c2ccc(CO)o2)CC1. The van der Waals surface area contributed by atoms with Gasteiger partial charge in [0.25, 0.3) is 10.0 Å². The molecule has 1 aliphatic heterocycles. The number of aliphatic hydroxyl groups excluding tert-OH is 1. The van der Waals surface area contributed by atoms with Crippen LogP contribution in [0.5, 0.6) is 0 Å². The Morgan fingerprint density at radius 3 is 2.45 bits per heavy atom. The van der Waals surface area contributed by atoms with Crippen LogP contribution in [0.4, 0.5) is 0 Å². The van der Waals surface area contributed by atoms with Crippen molar-refractivity contribution in [2.75, 3.05) is 26.2 Å². The Balaban J connectivity index is 2.05. The van der Waals surface area contributed by atoms with Crippen molar-refractivity contribution in [1.82, 2.24) is 9.21 Å². The van der Waals surface area contributed by atoms with Crippen LogP contribution in [0, 0.1) is 0 Å². The highest BCUT2D eigenvalue weighted by atomic mass is 32.2. The molecule has 1 aromatic heterocycles. The van der Waals surface area contributed by atoms with E-state index in [0.29, 0.717) is 19.1 Å². The van der Waals surface area contributed by atoms with E-state index in [1.807, 2.05) is 0 Å². The fraction of sp³-hybridized carbons (Fsp3) is 0.692. The summed E-state index contributed by atoms with van der Waals surface area (Å²) in [4.78, 5) is 2.30. The molecule has 1 saturated heterocycles. The Morgan fingerprint density at radius 1 is 1.30 bits per heavy atom. The molecule has 2 rings (SSSR count). The van der Waals surface area contributed by atoms with E-state index in [0.717, 1.165) is 19.5 Å². The molecule has 7 heteroatoms. The first kappa shape index (κ1) is 15.5. The molecular formula is C13H22N2O4S. The van der Waals surface area contributed by atoms with Gasteiger partial charge >= 0.3 is 0 Å². The number of hydrogen-bond donors (Lipinski definition) is 1. The predicted octanol–water partition coefficient (Wildman–Crippen LogP) is 0.877. The van der Waals surface area contributed by atoms with Gasteiger partial charge in [-0.2, -0.15) is 4.31 Å². The monoisotopic (exact) mass is 302 g/mol. The Labute approximate surface area is 120 Å². The Kier molecular flexibility index (Phi) is 4.85. The van der Waals surface area contributed by atoms with E-state index in [2.05, 4.69) is 18.7 Å². The third kappa shape index (κ3) is 3.06. The number of nitrogens with zero attached hydrogens (tertiary/aromatic N) is 2. The minimum absolute atomic E-state index is 0.0847. The van der Waals surface area contributed by atoms with Gasteiger partial charge in [0.2, 0.25) is 5.09 Å². The van der Waals surface area contributed by atoms with Gasteiger partial charge in [0.15, 0.2) is 0 Å². The van der Waals surface area contributed by atoms with Crippen molar-refractivity contribution in [3.8, 4) is 0 Å². The summed E-state index contributed by atoms with van der Waals surface area (Å²) < 4.78 is 31.4. The molecule has 1 aromatic rings. The molecule has 2 heterocycles. The summed E-state index contributed by atoms with van der Waals surface area (Å²) in [6.45, 7) is 6.42. The standard InChI is InChI=1S/C13H22N2O4S/c1-3-11(2)14-6-8-15(9-7-14)20(17,18)13-5-4-12(10-16)19-13/h4-5,11,16H,3,6-10H2,1-2H3. The second-order valence-electron chi connectivity index (χ2n) is 5.08. The molecule has 0 bridgehead atoms. The molecule has 0 radical (unpaired) electrons. The summed E-state index contributed by atoms with van der Waals surface area (Å²) in [5.41, 5.74) is 0. The third-order valence-corrected chi connectivity index (χ3v) is 5.65. The molecule has 1 atom stereocenters. The quantitative estimate of drug-likeness (QED) is 0.874. The van der Waals surface area contributed by atoms with Crippen molar-refractivity contribution in [2.24, 2.45) is 0 Å². The summed E-state index contributed by atoms with van der Waals surface area (Å²) in [5.74, 6) is 0.266. The summed E-state index contributed by atoms with van der Waals surface area (Å²) >= 11 is 0. The van der Waals surface area contributed by atoms with Crippen molar-refractivity contribution in [2.45, 2.75) is 38.0 Å². The molecule has 6 nitrogen and oxygen atoms in total. The van der Waals surface area contributed by atoms with Crippen molar-refractivity contribution in [1.29, 1.82) is 0 Å². The first-order valence-corrected chi connectivity index (χ1v) is 8.36. The maximum atomic E-state index is 12.4. The van der Waals surface area contributed by atoms with Gasteiger partial charge in [-0.1, -0.05) is 6.92 Å². The first-order chi connectivity index (χ1) is 9.48. The highest BCUT2D eigenvalue weighted by molar-refractivity contribution is 7.89. The average Bonchev–Trinajstić information content (AvgIpc) is 2.96. The summed E-state index contributed by atoms with van der Waals surface area (Å²) in [6, 6.07) is 3.37. The van der Waals surface area contributed by atoms with Crippen LogP contribution in [0.25, 0.3) is 0 Å². The highest BCUT2D eigenvalue weighted by Gasteiger charge is 2.31. The molecule has 0 spiro atoms. The predicted molar refractivity (Wildman–Crippen MR) is 74.7 cm³/mol. The lowest BCUT2D eigenvalue weighted by molar-refractivity contribution is 0.141. The molecule has 0 aliphatic carbocycles. The topological polar surface area (TPSA) is 74.0 Å². The Morgan fingerprint density at radius 2 is 1.95 bits per heavy atom. The zero-order chi connectivity index (χ0) is 14.8. The highest BCUT2D eigenvalue weighted by Crippen LogP contribution is 2.21. The van der Waals surface area contributed by atoms with Gasteiger partial charge in [-0.15, -0.1) is 0 Å². The van der Waals surface area contributed by atoms with Gasteiger partial charge in [0.1, 0.15) is 12.4 Å². The first-order valence-electron chi connectivity index (χ1n) is 6.92. The van der Waals surface area contributed by atoms with E-state index in [1.165, 1.54) is 16.4 Å². The molecule has 1 fully saturated rings. The van der Waals surface area contributed by atoms with Crippen LogP contribution >= 0.6 is 0 Å². The molecule has 1 N–H and O–H groups in total. The van der Waals surface area contributed by atoms with Crippen LogP contribution in [0.1, 0.15) is 26.0 Å². The Hall–Kier alpha value is -0.890. The molecule has 1 aliphatic rings. The van der Waals surface area contributed by atoms with Crippen molar-refractivity contribution in [3.05, 3.63) is 17.9 Å². The fourth-order valence-corrected chi connectivity index (χ4v) is 3.70. The lowest BCUT2D eigenvalue weighted by atomic mass is 10.2. The van der Waals surface area contributed by atoms with Crippen LogP contribution in [0.3, 0.4) is 0 Å². The molecule has 20 heavy (non-hydrogen) atoms. The van der Waals surface area contributed by atoms with Gasteiger partial charge in [-0.25, -0.2) is 8.42 Å². The van der Waals surface area contributed by atoms with Crippen LogP contribution in [0.2, 0.25) is 0 Å². The number of furan rings is 1. The second kappa shape index (κ2) is 6.26. The molecule has 1 unspecified atom stereocenters. The summed E-state index contributed by atoms with van der Waals surface area (Å²) in [6.07, 6.45) is 1.06. The van der Waals surface area contributed by atoms with Gasteiger partial charge in [-0.3, -0.25) is 4.90 Å². The number of rotatable bonds is 5. The normalized spacial score (nSPS) is 20.1. The van der Waals surface area contributed by atoms with E-state index in [4.69, 9.17) is 9.52 Å². The van der Waals surface area contributed by atoms with Crippen LogP contribution in [0.15, 0.2) is 21.6 Å². The minimum Gasteiger partial charge on any atom is -0.446 e.